The van der Waals surface area contributed by atoms with E-state index < -0.39 is 5.97 Å². The van der Waals surface area contributed by atoms with Crippen LogP contribution in [0.2, 0.25) is 0 Å². The van der Waals surface area contributed by atoms with Gasteiger partial charge in [-0.3, -0.25) is 9.69 Å². The van der Waals surface area contributed by atoms with E-state index >= 15 is 0 Å². The van der Waals surface area contributed by atoms with Crippen molar-refractivity contribution in [3.8, 4) is 0 Å². The van der Waals surface area contributed by atoms with Crippen molar-refractivity contribution >= 4 is 5.97 Å². The van der Waals surface area contributed by atoms with Crippen molar-refractivity contribution in [3.63, 3.8) is 0 Å². The third-order valence-electron chi connectivity index (χ3n) is 5.93. The fraction of sp³-hybridized carbons (Fsp3) is 0.409. The summed E-state index contributed by atoms with van der Waals surface area (Å²) in [5, 5.41) is 8.85. The molecule has 0 aromatic carbocycles. The normalized spacial score (nSPS) is 27.8. The minimum atomic E-state index is -0.714. The summed E-state index contributed by atoms with van der Waals surface area (Å²) < 4.78 is 0. The number of hydrogen-bond acceptors (Lipinski definition) is 3. The third-order valence-corrected chi connectivity index (χ3v) is 5.93. The monoisotopic (exact) mass is 350 g/mol. The zero-order valence-corrected chi connectivity index (χ0v) is 15.1. The number of carboxylic acids is 1. The maximum atomic E-state index is 10.8. The molecule has 0 bridgehead atoms. The van der Waals surface area contributed by atoms with Crippen molar-refractivity contribution in [1.29, 1.82) is 0 Å². The fourth-order valence-corrected chi connectivity index (χ4v) is 4.35. The Morgan fingerprint density at radius 2 is 1.92 bits per heavy atom. The van der Waals surface area contributed by atoms with Gasteiger partial charge in [0, 0.05) is 43.8 Å². The zero-order chi connectivity index (χ0) is 18.0. The Balaban J connectivity index is 1.47. The standard InChI is InChI=1S/C22H26N2O2/c25-21(26)9-12-23-13-15-24(16-14-23)20-8-11-22-10-4-3-6-18(22)5-1-2-7-19(22)17-20/h1-4,6-8,11,17H,5,9-10,12-16H2,(H,25,26). The molecule has 3 aliphatic carbocycles. The van der Waals surface area contributed by atoms with E-state index in [4.69, 9.17) is 5.11 Å². The Bertz CT molecular complexity index is 761. The summed E-state index contributed by atoms with van der Waals surface area (Å²) in [6.07, 6.45) is 22.8. The molecule has 1 spiro atoms. The number of allylic oxidation sites excluding steroid dienone is 11. The number of hydrogen-bond donors (Lipinski definition) is 1. The second-order valence-corrected chi connectivity index (χ2v) is 7.42. The molecule has 1 N–H and O–H groups in total. The molecule has 1 fully saturated rings. The SMILES string of the molecule is O=C(O)CCN1CCN(C2=CC3=CC=CCC4=CC=CCC34C=C2)CC1. The molecule has 1 heterocycles. The quantitative estimate of drug-likeness (QED) is 0.845. The van der Waals surface area contributed by atoms with E-state index in [-0.39, 0.29) is 11.8 Å². The summed E-state index contributed by atoms with van der Waals surface area (Å²) in [5.41, 5.74) is 4.17. The Kier molecular flexibility index (Phi) is 4.68. The first-order valence-corrected chi connectivity index (χ1v) is 9.51. The van der Waals surface area contributed by atoms with Crippen LogP contribution in [-0.2, 0) is 4.79 Å². The van der Waals surface area contributed by atoms with E-state index in [9.17, 15) is 4.79 Å². The van der Waals surface area contributed by atoms with Gasteiger partial charge < -0.3 is 10.0 Å². The summed E-state index contributed by atoms with van der Waals surface area (Å²) in [4.78, 5) is 15.4. The van der Waals surface area contributed by atoms with Gasteiger partial charge >= 0.3 is 5.97 Å². The minimum absolute atomic E-state index is 0.0328. The predicted molar refractivity (Wildman–Crippen MR) is 104 cm³/mol. The highest BCUT2D eigenvalue weighted by atomic mass is 16.4. The lowest BCUT2D eigenvalue weighted by Crippen LogP contribution is -2.46. The van der Waals surface area contributed by atoms with Crippen molar-refractivity contribution in [2.75, 3.05) is 32.7 Å². The second kappa shape index (κ2) is 7.12. The van der Waals surface area contributed by atoms with Crippen molar-refractivity contribution in [2.45, 2.75) is 19.3 Å². The molecule has 4 heteroatoms. The molecule has 0 aromatic heterocycles. The van der Waals surface area contributed by atoms with Gasteiger partial charge in [0.2, 0.25) is 0 Å². The van der Waals surface area contributed by atoms with Gasteiger partial charge in [0.05, 0.1) is 6.42 Å². The number of rotatable bonds is 4. The third kappa shape index (κ3) is 3.21. The Labute approximate surface area is 155 Å². The van der Waals surface area contributed by atoms with Crippen LogP contribution in [-0.4, -0.2) is 53.6 Å². The summed E-state index contributed by atoms with van der Waals surface area (Å²) in [5.74, 6) is -0.714. The average molecular weight is 350 g/mol. The van der Waals surface area contributed by atoms with Gasteiger partial charge in [0.25, 0.3) is 0 Å². The number of carbonyl (C=O) groups is 1. The van der Waals surface area contributed by atoms with Crippen molar-refractivity contribution in [2.24, 2.45) is 5.41 Å². The highest BCUT2D eigenvalue weighted by Gasteiger charge is 2.37. The predicted octanol–water partition coefficient (Wildman–Crippen LogP) is 3.29. The molecular weight excluding hydrogens is 324 g/mol. The molecule has 1 saturated heterocycles. The van der Waals surface area contributed by atoms with Gasteiger partial charge in [0.1, 0.15) is 0 Å². The number of carboxylic acid groups (broad SMARTS) is 1. The van der Waals surface area contributed by atoms with Crippen LogP contribution < -0.4 is 0 Å². The molecule has 4 aliphatic rings. The van der Waals surface area contributed by atoms with E-state index in [1.165, 1.54) is 16.8 Å². The lowest BCUT2D eigenvalue weighted by molar-refractivity contribution is -0.137. The molecule has 0 saturated carbocycles. The molecule has 1 unspecified atom stereocenters. The molecule has 136 valence electrons. The van der Waals surface area contributed by atoms with Gasteiger partial charge in [-0.1, -0.05) is 48.1 Å². The van der Waals surface area contributed by atoms with E-state index in [0.29, 0.717) is 6.54 Å². The molecule has 0 radical (unpaired) electrons. The Morgan fingerprint density at radius 1 is 1.12 bits per heavy atom. The second-order valence-electron chi connectivity index (χ2n) is 7.42. The van der Waals surface area contributed by atoms with Gasteiger partial charge in [0.15, 0.2) is 0 Å². The van der Waals surface area contributed by atoms with Gasteiger partial charge in [-0.25, -0.2) is 0 Å². The fourth-order valence-electron chi connectivity index (χ4n) is 4.35. The van der Waals surface area contributed by atoms with E-state index in [0.717, 1.165) is 39.0 Å². The molecule has 1 aliphatic heterocycles. The highest BCUT2D eigenvalue weighted by Crippen LogP contribution is 2.49. The maximum Gasteiger partial charge on any atom is 0.304 e. The lowest BCUT2D eigenvalue weighted by Gasteiger charge is -2.41. The van der Waals surface area contributed by atoms with E-state index in [1.807, 2.05) is 0 Å². The van der Waals surface area contributed by atoms with Gasteiger partial charge in [-0.2, -0.15) is 0 Å². The molecule has 4 nitrogen and oxygen atoms in total. The molecular formula is C22H26N2O2. The largest absolute Gasteiger partial charge is 0.481 e. The first kappa shape index (κ1) is 17.1. The number of aliphatic carboxylic acids is 1. The summed E-state index contributed by atoms with van der Waals surface area (Å²) in [7, 11) is 0. The minimum Gasteiger partial charge on any atom is -0.481 e. The smallest absolute Gasteiger partial charge is 0.304 e. The average Bonchev–Trinajstić information content (AvgIpc) is 2.85. The summed E-state index contributed by atoms with van der Waals surface area (Å²) in [6.45, 7) is 4.41. The first-order valence-electron chi connectivity index (χ1n) is 9.51. The molecule has 0 amide bonds. The van der Waals surface area contributed by atoms with Crippen LogP contribution >= 0.6 is 0 Å². The number of piperazine rings is 1. The maximum absolute atomic E-state index is 10.8. The van der Waals surface area contributed by atoms with Gasteiger partial charge in [-0.15, -0.1) is 0 Å². The molecule has 26 heavy (non-hydrogen) atoms. The van der Waals surface area contributed by atoms with Crippen molar-refractivity contribution in [3.05, 3.63) is 71.5 Å². The van der Waals surface area contributed by atoms with Crippen LogP contribution in [0.15, 0.2) is 71.5 Å². The first-order chi connectivity index (χ1) is 12.7. The molecule has 0 aromatic rings. The van der Waals surface area contributed by atoms with Crippen LogP contribution in [0, 0.1) is 5.41 Å². The number of nitrogens with zero attached hydrogens (tertiary/aromatic N) is 2. The summed E-state index contributed by atoms with van der Waals surface area (Å²) in [6, 6.07) is 0. The van der Waals surface area contributed by atoms with Crippen LogP contribution in [0.5, 0.6) is 0 Å². The van der Waals surface area contributed by atoms with Crippen LogP contribution in [0.3, 0.4) is 0 Å². The zero-order valence-electron chi connectivity index (χ0n) is 15.1. The van der Waals surface area contributed by atoms with Crippen LogP contribution in [0.25, 0.3) is 0 Å². The van der Waals surface area contributed by atoms with Crippen LogP contribution in [0.4, 0.5) is 0 Å². The van der Waals surface area contributed by atoms with Crippen molar-refractivity contribution in [1.82, 2.24) is 9.80 Å². The van der Waals surface area contributed by atoms with E-state index in [2.05, 4.69) is 64.5 Å². The van der Waals surface area contributed by atoms with Crippen molar-refractivity contribution < 1.29 is 9.90 Å². The van der Waals surface area contributed by atoms with Crippen LogP contribution in [0.1, 0.15) is 19.3 Å². The lowest BCUT2D eigenvalue weighted by atomic mass is 9.66. The Morgan fingerprint density at radius 3 is 2.73 bits per heavy atom. The molecule has 1 atom stereocenters. The Hall–Kier alpha value is -2.33. The summed E-state index contributed by atoms with van der Waals surface area (Å²) >= 11 is 0. The highest BCUT2D eigenvalue weighted by molar-refractivity contribution is 5.66. The topological polar surface area (TPSA) is 43.8 Å². The van der Waals surface area contributed by atoms with E-state index in [1.54, 1.807) is 0 Å². The molecule has 4 rings (SSSR count). The van der Waals surface area contributed by atoms with Gasteiger partial charge in [-0.05, 0) is 30.6 Å².